The molecule has 0 unspecified atom stereocenters. The lowest BCUT2D eigenvalue weighted by molar-refractivity contribution is -0.123. The van der Waals surface area contributed by atoms with Crippen molar-refractivity contribution in [2.24, 2.45) is 0 Å². The number of amides is 2. The SMILES string of the molecule is COc1ccc(-n2nc(-c3ccccc3)c3c2N(CC(=O)NC2CC2)C(=O)CS[C@@H]3c2cccc(F)c2)cc1. The van der Waals surface area contributed by atoms with E-state index in [9.17, 15) is 14.0 Å². The lowest BCUT2D eigenvalue weighted by atomic mass is 9.99. The fraction of sp³-hybridized carbons (Fsp3) is 0.233. The van der Waals surface area contributed by atoms with Gasteiger partial charge in [0.25, 0.3) is 0 Å². The van der Waals surface area contributed by atoms with E-state index >= 15 is 0 Å². The van der Waals surface area contributed by atoms with Crippen LogP contribution in [0.5, 0.6) is 5.75 Å². The van der Waals surface area contributed by atoms with Crippen LogP contribution in [0.3, 0.4) is 0 Å². The highest BCUT2D eigenvalue weighted by molar-refractivity contribution is 8.00. The van der Waals surface area contributed by atoms with Crippen molar-refractivity contribution in [3.63, 3.8) is 0 Å². The standard InChI is InChI=1S/C30H27FN4O3S/c1-38-24-14-12-23(13-15-24)35-30-27(28(33-35)19-6-3-2-4-7-19)29(20-8-5-9-21(31)16-20)39-18-26(37)34(30)17-25(36)32-22-10-11-22/h2-9,12-16,22,29H,10-11,17-18H2,1H3,(H,32,36)/t29-/m1/s1. The number of anilines is 1. The number of carbonyl (C=O) groups excluding carboxylic acids is 2. The van der Waals surface area contributed by atoms with Crippen LogP contribution in [0.2, 0.25) is 0 Å². The van der Waals surface area contributed by atoms with Gasteiger partial charge in [-0.05, 0) is 54.8 Å². The molecule has 198 valence electrons. The third-order valence-corrected chi connectivity index (χ3v) is 8.10. The second-order valence-corrected chi connectivity index (χ2v) is 10.7. The second-order valence-electron chi connectivity index (χ2n) is 9.63. The van der Waals surface area contributed by atoms with E-state index in [1.807, 2.05) is 60.7 Å². The lowest BCUT2D eigenvalue weighted by Crippen LogP contribution is -2.43. The first-order chi connectivity index (χ1) is 19.0. The monoisotopic (exact) mass is 542 g/mol. The molecule has 0 spiro atoms. The molecule has 0 radical (unpaired) electrons. The number of hydrogen-bond acceptors (Lipinski definition) is 5. The van der Waals surface area contributed by atoms with Crippen molar-refractivity contribution in [1.29, 1.82) is 0 Å². The summed E-state index contributed by atoms with van der Waals surface area (Å²) in [7, 11) is 1.60. The van der Waals surface area contributed by atoms with E-state index in [0.29, 0.717) is 22.9 Å². The average Bonchev–Trinajstić information content (AvgIpc) is 3.71. The van der Waals surface area contributed by atoms with Gasteiger partial charge in [-0.25, -0.2) is 9.07 Å². The van der Waals surface area contributed by atoms with Crippen LogP contribution < -0.4 is 15.0 Å². The van der Waals surface area contributed by atoms with E-state index < -0.39 is 5.25 Å². The fourth-order valence-corrected chi connectivity index (χ4v) is 6.00. The first-order valence-corrected chi connectivity index (χ1v) is 13.9. The van der Waals surface area contributed by atoms with Crippen LogP contribution in [0.15, 0.2) is 78.9 Å². The number of benzene rings is 3. The summed E-state index contributed by atoms with van der Waals surface area (Å²) in [4.78, 5) is 28.2. The lowest BCUT2D eigenvalue weighted by Gasteiger charge is -2.23. The maximum atomic E-state index is 14.4. The summed E-state index contributed by atoms with van der Waals surface area (Å²) in [5, 5.41) is 7.65. The Morgan fingerprint density at radius 3 is 2.54 bits per heavy atom. The third-order valence-electron chi connectivity index (χ3n) is 6.85. The number of halogens is 1. The molecule has 3 aromatic carbocycles. The Bertz CT molecular complexity index is 1520. The molecule has 1 fully saturated rings. The van der Waals surface area contributed by atoms with Gasteiger partial charge in [-0.2, -0.15) is 5.10 Å². The van der Waals surface area contributed by atoms with Crippen molar-refractivity contribution in [3.8, 4) is 22.7 Å². The highest BCUT2D eigenvalue weighted by atomic mass is 32.2. The van der Waals surface area contributed by atoms with E-state index in [2.05, 4.69) is 5.32 Å². The van der Waals surface area contributed by atoms with E-state index in [4.69, 9.17) is 9.84 Å². The van der Waals surface area contributed by atoms with Crippen molar-refractivity contribution >= 4 is 29.4 Å². The van der Waals surface area contributed by atoms with Crippen molar-refractivity contribution in [1.82, 2.24) is 15.1 Å². The Labute approximate surface area is 230 Å². The minimum atomic E-state index is -0.390. The number of nitrogens with one attached hydrogen (secondary N) is 1. The predicted octanol–water partition coefficient (Wildman–Crippen LogP) is 5.13. The smallest absolute Gasteiger partial charge is 0.240 e. The van der Waals surface area contributed by atoms with Gasteiger partial charge in [-0.15, -0.1) is 11.8 Å². The molecule has 9 heteroatoms. The molecule has 1 aliphatic carbocycles. The summed E-state index contributed by atoms with van der Waals surface area (Å²) in [6.07, 6.45) is 1.90. The second kappa shape index (κ2) is 10.6. The van der Waals surface area contributed by atoms with Crippen molar-refractivity contribution in [2.45, 2.75) is 24.1 Å². The molecule has 0 bridgehead atoms. The molecule has 0 saturated heterocycles. The van der Waals surface area contributed by atoms with Crippen molar-refractivity contribution in [3.05, 3.63) is 95.8 Å². The number of methoxy groups -OCH3 is 1. The Balaban J connectivity index is 1.59. The summed E-state index contributed by atoms with van der Waals surface area (Å²) in [6, 6.07) is 23.7. The first-order valence-electron chi connectivity index (χ1n) is 12.8. The van der Waals surface area contributed by atoms with Gasteiger partial charge in [0, 0.05) is 17.2 Å². The van der Waals surface area contributed by atoms with E-state index in [-0.39, 0.29) is 36.0 Å². The number of fused-ring (bicyclic) bond motifs is 1. The van der Waals surface area contributed by atoms with Crippen LogP contribution in [0.25, 0.3) is 16.9 Å². The van der Waals surface area contributed by atoms with Crippen LogP contribution in [0, 0.1) is 5.82 Å². The largest absolute Gasteiger partial charge is 0.497 e. The average molecular weight is 543 g/mol. The van der Waals surface area contributed by atoms with Gasteiger partial charge in [0.1, 0.15) is 23.9 Å². The number of hydrogen-bond donors (Lipinski definition) is 1. The zero-order valence-electron chi connectivity index (χ0n) is 21.3. The number of aromatic nitrogens is 2. The van der Waals surface area contributed by atoms with Crippen LogP contribution in [0.4, 0.5) is 10.2 Å². The van der Waals surface area contributed by atoms with Crippen molar-refractivity contribution < 1.29 is 18.7 Å². The molecule has 1 N–H and O–H groups in total. The molecule has 4 aromatic rings. The number of nitrogens with zero attached hydrogens (tertiary/aromatic N) is 3. The fourth-order valence-electron chi connectivity index (χ4n) is 4.81. The molecular formula is C30H27FN4O3S. The van der Waals surface area contributed by atoms with Gasteiger partial charge in [0.05, 0.1) is 29.5 Å². The van der Waals surface area contributed by atoms with Gasteiger partial charge in [-0.1, -0.05) is 42.5 Å². The van der Waals surface area contributed by atoms with Gasteiger partial charge in [0.15, 0.2) is 0 Å². The molecule has 2 aliphatic rings. The predicted molar refractivity (Wildman–Crippen MR) is 150 cm³/mol. The quantitative estimate of drug-likeness (QED) is 0.350. The minimum absolute atomic E-state index is 0.128. The Morgan fingerprint density at radius 2 is 1.85 bits per heavy atom. The Hall–Kier alpha value is -4.11. The molecule has 1 aromatic heterocycles. The van der Waals surface area contributed by atoms with Crippen LogP contribution in [-0.2, 0) is 9.59 Å². The van der Waals surface area contributed by atoms with Gasteiger partial charge < -0.3 is 10.1 Å². The molecular weight excluding hydrogens is 515 g/mol. The zero-order valence-corrected chi connectivity index (χ0v) is 22.2. The molecule has 2 amide bonds. The number of rotatable bonds is 7. The topological polar surface area (TPSA) is 76.5 Å². The summed E-state index contributed by atoms with van der Waals surface area (Å²) >= 11 is 1.41. The number of thioether (sulfide) groups is 1. The maximum absolute atomic E-state index is 14.4. The Kier molecular flexibility index (Phi) is 6.83. The van der Waals surface area contributed by atoms with Crippen LogP contribution in [0.1, 0.15) is 29.2 Å². The van der Waals surface area contributed by atoms with E-state index in [1.165, 1.54) is 28.8 Å². The third kappa shape index (κ3) is 5.14. The highest BCUT2D eigenvalue weighted by Crippen LogP contribution is 2.48. The molecule has 6 rings (SSSR count). The molecule has 2 heterocycles. The van der Waals surface area contributed by atoms with Crippen LogP contribution >= 0.6 is 11.8 Å². The van der Waals surface area contributed by atoms with Gasteiger partial charge in [0.2, 0.25) is 11.8 Å². The molecule has 1 atom stereocenters. The molecule has 7 nitrogen and oxygen atoms in total. The van der Waals surface area contributed by atoms with Crippen LogP contribution in [-0.4, -0.2) is 47.0 Å². The highest BCUT2D eigenvalue weighted by Gasteiger charge is 2.38. The molecule has 1 aliphatic heterocycles. The first kappa shape index (κ1) is 25.2. The summed E-state index contributed by atoms with van der Waals surface area (Å²) in [5.74, 6) is 0.549. The van der Waals surface area contributed by atoms with E-state index in [1.54, 1.807) is 17.9 Å². The van der Waals surface area contributed by atoms with Gasteiger partial charge >= 0.3 is 0 Å². The molecule has 39 heavy (non-hydrogen) atoms. The summed E-state index contributed by atoms with van der Waals surface area (Å²) in [6.45, 7) is -0.130. The number of ether oxygens (including phenoxy) is 1. The zero-order chi connectivity index (χ0) is 26.9. The normalized spacial score (nSPS) is 16.9. The summed E-state index contributed by atoms with van der Waals surface area (Å²) in [5.41, 5.74) is 3.73. The summed E-state index contributed by atoms with van der Waals surface area (Å²) < 4.78 is 21.5. The molecule has 1 saturated carbocycles. The Morgan fingerprint density at radius 1 is 1.08 bits per heavy atom. The van der Waals surface area contributed by atoms with Crippen molar-refractivity contribution in [2.75, 3.05) is 24.3 Å². The maximum Gasteiger partial charge on any atom is 0.240 e. The van der Waals surface area contributed by atoms with E-state index in [0.717, 1.165) is 29.5 Å². The number of carbonyl (C=O) groups is 2. The van der Waals surface area contributed by atoms with Gasteiger partial charge in [-0.3, -0.25) is 14.5 Å². The minimum Gasteiger partial charge on any atom is -0.497 e.